The van der Waals surface area contributed by atoms with Crippen molar-refractivity contribution in [3.05, 3.63) is 6.07 Å². The minimum atomic E-state index is -0.829. The Labute approximate surface area is 182 Å². The molecule has 2 heterocycles. The molecule has 0 bridgehead atoms. The lowest BCUT2D eigenvalue weighted by molar-refractivity contribution is -0.143. The van der Waals surface area contributed by atoms with E-state index in [9.17, 15) is 14.4 Å². The first-order valence-corrected chi connectivity index (χ1v) is 10.5. The largest absolute Gasteiger partial charge is 0.464 e. The van der Waals surface area contributed by atoms with Crippen molar-refractivity contribution in [2.24, 2.45) is 5.92 Å². The predicted molar refractivity (Wildman–Crippen MR) is 112 cm³/mol. The highest BCUT2D eigenvalue weighted by Gasteiger charge is 2.38. The Morgan fingerprint density at radius 1 is 1.23 bits per heavy atom. The van der Waals surface area contributed by atoms with Gasteiger partial charge in [0.25, 0.3) is 5.91 Å². The van der Waals surface area contributed by atoms with Gasteiger partial charge >= 0.3 is 18.1 Å². The maximum Gasteiger partial charge on any atom is 0.408 e. The first kappa shape index (κ1) is 24.3. The fourth-order valence-electron chi connectivity index (χ4n) is 3.03. The van der Waals surface area contributed by atoms with Crippen molar-refractivity contribution in [3.8, 4) is 5.95 Å². The molecule has 0 spiro atoms. The number of hydrogen-bond acceptors (Lipinski definition) is 7. The molecule has 1 aromatic heterocycles. The van der Waals surface area contributed by atoms with Crippen LogP contribution in [-0.2, 0) is 9.53 Å². The van der Waals surface area contributed by atoms with E-state index < -0.39 is 23.8 Å². The zero-order valence-corrected chi connectivity index (χ0v) is 19.1. The fourth-order valence-corrected chi connectivity index (χ4v) is 3.03. The number of aromatic nitrogens is 1. The smallest absolute Gasteiger partial charge is 0.408 e. The van der Waals surface area contributed by atoms with E-state index in [-0.39, 0.29) is 23.6 Å². The predicted octanol–water partition coefficient (Wildman–Crippen LogP) is 2.99. The molecule has 1 fully saturated rings. The van der Waals surface area contributed by atoms with Gasteiger partial charge < -0.3 is 19.3 Å². The molecule has 2 N–H and O–H groups in total. The second-order valence-corrected chi connectivity index (χ2v) is 8.34. The van der Waals surface area contributed by atoms with E-state index in [0.29, 0.717) is 32.5 Å². The van der Waals surface area contributed by atoms with Crippen molar-refractivity contribution in [3.63, 3.8) is 0 Å². The molecule has 11 nitrogen and oxygen atoms in total. The summed E-state index contributed by atoms with van der Waals surface area (Å²) in [6.45, 7) is 12.0. The molecule has 1 saturated heterocycles. The fraction of sp³-hybridized carbons (Fsp3) is 0.700. The summed E-state index contributed by atoms with van der Waals surface area (Å²) < 4.78 is 15.5. The normalized spacial score (nSPS) is 15.9. The molecule has 0 saturated carbocycles. The van der Waals surface area contributed by atoms with Crippen molar-refractivity contribution in [2.45, 2.75) is 66.0 Å². The van der Waals surface area contributed by atoms with Gasteiger partial charge in [-0.1, -0.05) is 25.4 Å². The minimum absolute atomic E-state index is 0.158. The number of nitrogens with zero attached hydrogens (tertiary/aromatic N) is 3. The number of carbonyl (C=O) groups is 3. The van der Waals surface area contributed by atoms with E-state index in [4.69, 9.17) is 14.0 Å². The number of urea groups is 1. The van der Waals surface area contributed by atoms with Crippen LogP contribution in [-0.4, -0.2) is 64.5 Å². The van der Waals surface area contributed by atoms with Gasteiger partial charge in [0, 0.05) is 13.1 Å². The molecule has 4 amide bonds. The molecule has 11 heteroatoms. The number of ether oxygens (including phenoxy) is 2. The van der Waals surface area contributed by atoms with Gasteiger partial charge in [-0.3, -0.25) is 10.1 Å². The Morgan fingerprint density at radius 3 is 2.52 bits per heavy atom. The summed E-state index contributed by atoms with van der Waals surface area (Å²) in [5.41, 5.74) is -0.690. The third-order valence-corrected chi connectivity index (χ3v) is 4.68. The summed E-state index contributed by atoms with van der Waals surface area (Å²) in [7, 11) is 0. The summed E-state index contributed by atoms with van der Waals surface area (Å²) in [5, 5.41) is 11.7. The lowest BCUT2D eigenvalue weighted by Gasteiger charge is -2.33. The van der Waals surface area contributed by atoms with Gasteiger partial charge in [0.15, 0.2) is 5.82 Å². The summed E-state index contributed by atoms with van der Waals surface area (Å²) >= 11 is 0. The Bertz CT molecular complexity index is 774. The second kappa shape index (κ2) is 10.4. The third kappa shape index (κ3) is 6.76. The first-order valence-electron chi connectivity index (χ1n) is 10.5. The number of hydrogen-bond donors (Lipinski definition) is 2. The molecule has 1 aromatic rings. The number of nitrogens with one attached hydrogen (secondary N) is 2. The Balaban J connectivity index is 2.09. The highest BCUT2D eigenvalue weighted by molar-refractivity contribution is 5.92. The lowest BCUT2D eigenvalue weighted by Crippen LogP contribution is -2.56. The van der Waals surface area contributed by atoms with Gasteiger partial charge in [-0.05, 0) is 40.0 Å². The molecule has 174 valence electrons. The second-order valence-electron chi connectivity index (χ2n) is 8.34. The van der Waals surface area contributed by atoms with Gasteiger partial charge in [0.05, 0.1) is 12.7 Å². The summed E-state index contributed by atoms with van der Waals surface area (Å²) in [6, 6.07) is 0.0996. The Morgan fingerprint density at radius 2 is 1.90 bits per heavy atom. The van der Waals surface area contributed by atoms with Gasteiger partial charge in [-0.2, -0.15) is 0 Å². The number of hydrazine groups is 1. The van der Waals surface area contributed by atoms with E-state index in [1.165, 1.54) is 16.1 Å². The maximum atomic E-state index is 13.3. The molecule has 0 aromatic carbocycles. The van der Waals surface area contributed by atoms with Crippen molar-refractivity contribution in [1.82, 2.24) is 20.5 Å². The Kier molecular flexibility index (Phi) is 8.12. The highest BCUT2D eigenvalue weighted by atomic mass is 16.6. The van der Waals surface area contributed by atoms with E-state index in [1.807, 2.05) is 13.8 Å². The topological polar surface area (TPSA) is 126 Å². The monoisotopic (exact) mass is 439 g/mol. The number of carbonyl (C=O) groups excluding carboxylic acids is 3. The average Bonchev–Trinajstić information content (AvgIpc) is 3.33. The van der Waals surface area contributed by atoms with Gasteiger partial charge in [0.2, 0.25) is 0 Å². The van der Waals surface area contributed by atoms with Crippen LogP contribution >= 0.6 is 0 Å². The molecule has 2 unspecified atom stereocenters. The average molecular weight is 440 g/mol. The highest BCUT2D eigenvalue weighted by Crippen LogP contribution is 2.21. The van der Waals surface area contributed by atoms with Crippen LogP contribution in [0.2, 0.25) is 0 Å². The number of rotatable bonds is 7. The van der Waals surface area contributed by atoms with Crippen LogP contribution in [0.15, 0.2) is 10.6 Å². The molecular weight excluding hydrogens is 406 g/mol. The number of amides is 4. The quantitative estimate of drug-likeness (QED) is 0.669. The van der Waals surface area contributed by atoms with E-state index in [2.05, 4.69) is 15.8 Å². The molecule has 0 radical (unpaired) electrons. The summed E-state index contributed by atoms with van der Waals surface area (Å²) in [5.74, 6) is -0.165. The van der Waals surface area contributed by atoms with E-state index in [1.54, 1.807) is 27.7 Å². The molecule has 31 heavy (non-hydrogen) atoms. The van der Waals surface area contributed by atoms with Gasteiger partial charge in [-0.25, -0.2) is 19.6 Å². The van der Waals surface area contributed by atoms with E-state index >= 15 is 0 Å². The van der Waals surface area contributed by atoms with Crippen molar-refractivity contribution < 1.29 is 28.4 Å². The van der Waals surface area contributed by atoms with Crippen LogP contribution in [0.4, 0.5) is 15.4 Å². The Hall–Kier alpha value is -2.98. The minimum Gasteiger partial charge on any atom is -0.464 e. The zero-order chi connectivity index (χ0) is 23.2. The molecule has 2 rings (SSSR count). The van der Waals surface area contributed by atoms with Crippen LogP contribution in [0.5, 0.6) is 5.95 Å². The number of alkyl carbamates (subject to hydrolysis) is 1. The third-order valence-electron chi connectivity index (χ3n) is 4.68. The van der Waals surface area contributed by atoms with E-state index in [0.717, 1.165) is 0 Å². The summed E-state index contributed by atoms with van der Waals surface area (Å²) in [4.78, 5) is 38.3. The molecule has 1 aliphatic rings. The van der Waals surface area contributed by atoms with Gasteiger partial charge in [-0.15, -0.1) is 0 Å². The molecule has 2 atom stereocenters. The van der Waals surface area contributed by atoms with Gasteiger partial charge in [0.1, 0.15) is 11.6 Å². The van der Waals surface area contributed by atoms with Crippen LogP contribution in [0.1, 0.15) is 54.4 Å². The molecular formula is C20H33N5O6. The van der Waals surface area contributed by atoms with Crippen LogP contribution < -0.4 is 15.4 Å². The van der Waals surface area contributed by atoms with Crippen LogP contribution in [0, 0.1) is 5.92 Å². The van der Waals surface area contributed by atoms with Crippen LogP contribution in [0.3, 0.4) is 0 Å². The maximum absolute atomic E-state index is 13.3. The summed E-state index contributed by atoms with van der Waals surface area (Å²) in [6.07, 6.45) is 0.597. The lowest BCUT2D eigenvalue weighted by atomic mass is 9.98. The zero-order valence-electron chi connectivity index (χ0n) is 19.1. The van der Waals surface area contributed by atoms with Crippen molar-refractivity contribution >= 4 is 23.8 Å². The SMILES string of the molecule is CCOc1cc(NC(=O)N2CCCN2C(=O)C(NC(=O)OC(C)(C)C)C(C)CC)no1. The van der Waals surface area contributed by atoms with Crippen LogP contribution in [0.25, 0.3) is 0 Å². The standard InChI is InChI=1S/C20H33N5O6/c1-7-13(3)16(22-19(28)30-20(4,5)6)17(26)24-10-9-11-25(24)18(27)21-14-12-15(29-8-2)31-23-14/h12-13,16H,7-11H2,1-6H3,(H,22,28)(H,21,23,27). The number of anilines is 1. The molecule has 1 aliphatic heterocycles. The van der Waals surface area contributed by atoms with Crippen molar-refractivity contribution in [1.29, 1.82) is 0 Å². The van der Waals surface area contributed by atoms with Crippen molar-refractivity contribution in [2.75, 3.05) is 25.0 Å². The molecule has 0 aliphatic carbocycles. The first-order chi connectivity index (χ1) is 14.6.